The minimum Gasteiger partial charge on any atom is -0.388 e. The Bertz CT molecular complexity index is 984. The number of rotatable bonds is 5. The van der Waals surface area contributed by atoms with Crippen molar-refractivity contribution in [2.75, 3.05) is 19.0 Å². The number of anilines is 1. The summed E-state index contributed by atoms with van der Waals surface area (Å²) in [6, 6.07) is 9.69. The van der Waals surface area contributed by atoms with E-state index >= 15 is 0 Å². The van der Waals surface area contributed by atoms with E-state index in [1.54, 1.807) is 7.11 Å². The van der Waals surface area contributed by atoms with Crippen LogP contribution < -0.4 is 5.32 Å². The van der Waals surface area contributed by atoms with Crippen molar-refractivity contribution in [1.29, 1.82) is 0 Å². The number of nitrogens with zero attached hydrogens (tertiary/aromatic N) is 2. The lowest BCUT2D eigenvalue weighted by molar-refractivity contribution is -0.0472. The highest BCUT2D eigenvalue weighted by atomic mass is 16.5. The molecule has 0 spiro atoms. The molecule has 2 N–H and O–H groups in total. The van der Waals surface area contributed by atoms with Crippen LogP contribution in [0, 0.1) is 13.8 Å². The largest absolute Gasteiger partial charge is 0.388 e. The maximum Gasteiger partial charge on any atom is 0.161 e. The van der Waals surface area contributed by atoms with E-state index in [-0.39, 0.29) is 6.04 Å². The quantitative estimate of drug-likeness (QED) is 0.705. The van der Waals surface area contributed by atoms with Gasteiger partial charge in [0.05, 0.1) is 24.0 Å². The number of methoxy groups -OCH3 is 1. The Balaban J connectivity index is 1.97. The SMILES string of the molecule is CCO[C@H]1c2c(COC)cn3c(C)c(C)nc3c2N[C@H](c2ccccc2)[C@H]1O. The van der Waals surface area contributed by atoms with Crippen LogP contribution in [0.2, 0.25) is 0 Å². The number of hydrogen-bond donors (Lipinski definition) is 2. The number of nitrogens with one attached hydrogen (secondary N) is 1. The first-order valence-corrected chi connectivity index (χ1v) is 9.67. The van der Waals surface area contributed by atoms with Gasteiger partial charge in [-0.25, -0.2) is 4.98 Å². The summed E-state index contributed by atoms with van der Waals surface area (Å²) in [5.74, 6) is 0. The normalized spacial score (nSPS) is 21.5. The van der Waals surface area contributed by atoms with Crippen LogP contribution in [0.25, 0.3) is 5.65 Å². The van der Waals surface area contributed by atoms with E-state index in [9.17, 15) is 5.11 Å². The predicted octanol–water partition coefficient (Wildman–Crippen LogP) is 3.70. The standard InChI is InChI=1S/C22H27N3O3/c1-5-28-21-17-16(12-27-4)11-25-14(3)13(2)23-22(25)19(17)24-18(20(21)26)15-9-7-6-8-10-15/h6-11,18,20-21,24,26H,5,12H2,1-4H3/t18-,20-,21+/m1/s1. The molecule has 3 atom stereocenters. The summed E-state index contributed by atoms with van der Waals surface area (Å²) in [6.07, 6.45) is 0.861. The second kappa shape index (κ2) is 7.54. The number of ether oxygens (including phenoxy) is 2. The molecule has 2 aromatic heterocycles. The number of imidazole rings is 1. The number of hydrogen-bond acceptors (Lipinski definition) is 5. The summed E-state index contributed by atoms with van der Waals surface area (Å²) in [5, 5.41) is 14.8. The second-order valence-corrected chi connectivity index (χ2v) is 7.25. The van der Waals surface area contributed by atoms with Gasteiger partial charge in [0.2, 0.25) is 0 Å². The third kappa shape index (κ3) is 2.98. The molecule has 0 unspecified atom stereocenters. The van der Waals surface area contributed by atoms with Gasteiger partial charge in [0.15, 0.2) is 5.65 Å². The molecule has 3 heterocycles. The third-order valence-electron chi connectivity index (χ3n) is 5.55. The minimum atomic E-state index is -0.731. The van der Waals surface area contributed by atoms with Crippen LogP contribution >= 0.6 is 0 Å². The van der Waals surface area contributed by atoms with Gasteiger partial charge in [-0.05, 0) is 26.3 Å². The first-order chi connectivity index (χ1) is 13.6. The number of aryl methyl sites for hydroxylation is 2. The molecule has 0 aliphatic carbocycles. The number of fused-ring (bicyclic) bond motifs is 3. The summed E-state index contributed by atoms with van der Waals surface area (Å²) >= 11 is 0. The van der Waals surface area contributed by atoms with E-state index in [0.717, 1.165) is 39.4 Å². The zero-order chi connectivity index (χ0) is 19.8. The van der Waals surface area contributed by atoms with Gasteiger partial charge in [-0.1, -0.05) is 30.3 Å². The van der Waals surface area contributed by atoms with Crippen molar-refractivity contribution in [3.8, 4) is 0 Å². The van der Waals surface area contributed by atoms with Gasteiger partial charge in [-0.3, -0.25) is 0 Å². The predicted molar refractivity (Wildman–Crippen MR) is 109 cm³/mol. The van der Waals surface area contributed by atoms with Crippen LogP contribution in [0.5, 0.6) is 0 Å². The van der Waals surface area contributed by atoms with E-state index in [0.29, 0.717) is 13.2 Å². The van der Waals surface area contributed by atoms with Crippen LogP contribution in [-0.4, -0.2) is 34.3 Å². The highest BCUT2D eigenvalue weighted by Gasteiger charge is 2.40. The van der Waals surface area contributed by atoms with Gasteiger partial charge in [-0.2, -0.15) is 0 Å². The Labute approximate surface area is 165 Å². The molecule has 0 saturated carbocycles. The molecule has 148 valence electrons. The molecule has 28 heavy (non-hydrogen) atoms. The van der Waals surface area contributed by atoms with Gasteiger partial charge >= 0.3 is 0 Å². The van der Waals surface area contributed by atoms with E-state index in [1.165, 1.54) is 0 Å². The van der Waals surface area contributed by atoms with Crippen molar-refractivity contribution in [3.05, 3.63) is 64.6 Å². The van der Waals surface area contributed by atoms with Gasteiger partial charge < -0.3 is 24.3 Å². The van der Waals surface area contributed by atoms with E-state index in [2.05, 4.69) is 22.8 Å². The fourth-order valence-corrected chi connectivity index (χ4v) is 4.09. The average Bonchev–Trinajstić information content (AvgIpc) is 2.99. The molecular formula is C22H27N3O3. The topological polar surface area (TPSA) is 68.0 Å². The van der Waals surface area contributed by atoms with Crippen LogP contribution in [0.4, 0.5) is 5.69 Å². The Morgan fingerprint density at radius 3 is 2.64 bits per heavy atom. The number of benzene rings is 1. The molecule has 0 saturated heterocycles. The van der Waals surface area contributed by atoms with Crippen LogP contribution in [0.15, 0.2) is 36.5 Å². The van der Waals surface area contributed by atoms with Gasteiger partial charge in [0.1, 0.15) is 12.2 Å². The summed E-state index contributed by atoms with van der Waals surface area (Å²) in [5.41, 5.74) is 6.76. The Morgan fingerprint density at radius 2 is 1.96 bits per heavy atom. The number of pyridine rings is 1. The average molecular weight is 381 g/mol. The minimum absolute atomic E-state index is 0.288. The van der Waals surface area contributed by atoms with Crippen LogP contribution in [0.1, 0.15) is 47.1 Å². The fraction of sp³-hybridized carbons (Fsp3) is 0.409. The summed E-state index contributed by atoms with van der Waals surface area (Å²) in [7, 11) is 1.68. The molecule has 1 aliphatic heterocycles. The zero-order valence-corrected chi connectivity index (χ0v) is 16.8. The molecule has 0 fully saturated rings. The van der Waals surface area contributed by atoms with Crippen molar-refractivity contribution in [2.24, 2.45) is 0 Å². The van der Waals surface area contributed by atoms with Crippen LogP contribution in [0.3, 0.4) is 0 Å². The first-order valence-electron chi connectivity index (χ1n) is 9.67. The molecule has 6 heteroatoms. The van der Waals surface area contributed by atoms with Crippen molar-refractivity contribution in [3.63, 3.8) is 0 Å². The van der Waals surface area contributed by atoms with Crippen molar-refractivity contribution in [1.82, 2.24) is 9.38 Å². The Hall–Kier alpha value is -2.41. The summed E-state index contributed by atoms with van der Waals surface area (Å²) < 4.78 is 13.6. The number of aromatic nitrogens is 2. The molecular weight excluding hydrogens is 354 g/mol. The van der Waals surface area contributed by atoms with Crippen molar-refractivity contribution >= 4 is 11.3 Å². The van der Waals surface area contributed by atoms with Gasteiger partial charge in [-0.15, -0.1) is 0 Å². The molecule has 3 aromatic rings. The maximum atomic E-state index is 11.2. The molecule has 0 bridgehead atoms. The van der Waals surface area contributed by atoms with Crippen molar-refractivity contribution < 1.29 is 14.6 Å². The maximum absolute atomic E-state index is 11.2. The van der Waals surface area contributed by atoms with Crippen molar-refractivity contribution in [2.45, 2.75) is 45.6 Å². The van der Waals surface area contributed by atoms with E-state index in [1.807, 2.05) is 44.2 Å². The number of aliphatic hydroxyl groups is 1. The summed E-state index contributed by atoms with van der Waals surface area (Å²) in [4.78, 5) is 4.80. The van der Waals surface area contributed by atoms with Crippen LogP contribution in [-0.2, 0) is 16.1 Å². The highest BCUT2D eigenvalue weighted by molar-refractivity contribution is 5.77. The third-order valence-corrected chi connectivity index (χ3v) is 5.55. The Kier molecular flexibility index (Phi) is 5.10. The second-order valence-electron chi connectivity index (χ2n) is 7.25. The monoisotopic (exact) mass is 381 g/mol. The molecule has 6 nitrogen and oxygen atoms in total. The fourth-order valence-electron chi connectivity index (χ4n) is 4.09. The lowest BCUT2D eigenvalue weighted by Crippen LogP contribution is -2.38. The number of aliphatic hydroxyl groups excluding tert-OH is 1. The molecule has 1 aliphatic rings. The first kappa shape index (κ1) is 18.9. The highest BCUT2D eigenvalue weighted by Crippen LogP contribution is 2.45. The molecule has 1 aromatic carbocycles. The Morgan fingerprint density at radius 1 is 1.21 bits per heavy atom. The van der Waals surface area contributed by atoms with E-state index < -0.39 is 12.2 Å². The lowest BCUT2D eigenvalue weighted by atomic mass is 9.86. The lowest BCUT2D eigenvalue weighted by Gasteiger charge is -2.39. The smallest absolute Gasteiger partial charge is 0.161 e. The zero-order valence-electron chi connectivity index (χ0n) is 16.8. The van der Waals surface area contributed by atoms with E-state index in [4.69, 9.17) is 14.5 Å². The molecule has 0 radical (unpaired) electrons. The summed E-state index contributed by atoms with van der Waals surface area (Å²) in [6.45, 7) is 6.96. The van der Waals surface area contributed by atoms with Gasteiger partial charge in [0, 0.05) is 36.7 Å². The molecule has 0 amide bonds. The molecule has 4 rings (SSSR count). The van der Waals surface area contributed by atoms with Gasteiger partial charge in [0.25, 0.3) is 0 Å².